The van der Waals surface area contributed by atoms with Gasteiger partial charge in [-0.2, -0.15) is 0 Å². The molecule has 0 amide bonds. The lowest BCUT2D eigenvalue weighted by molar-refractivity contribution is -0.384. The van der Waals surface area contributed by atoms with E-state index < -0.39 is 10.6 Å². The van der Waals surface area contributed by atoms with Crippen molar-refractivity contribution < 1.29 is 4.92 Å². The van der Waals surface area contributed by atoms with Gasteiger partial charge >= 0.3 is 0 Å². The third kappa shape index (κ3) is 4.07. The van der Waals surface area contributed by atoms with E-state index in [9.17, 15) is 10.1 Å². The molecule has 7 heteroatoms. The average molecular weight is 317 g/mol. The molecule has 3 N–H and O–H groups in total. The van der Waals surface area contributed by atoms with Crippen LogP contribution >= 0.6 is 0 Å². The lowest BCUT2D eigenvalue weighted by Gasteiger charge is -2.33. The summed E-state index contributed by atoms with van der Waals surface area (Å²) in [6, 6.07) is 6.39. The molecular weight excluding hydrogens is 294 g/mol. The summed E-state index contributed by atoms with van der Waals surface area (Å²) in [4.78, 5) is 15.2. The molecule has 0 fully saturated rings. The molecule has 1 aliphatic rings. The highest BCUT2D eigenvalue weighted by Crippen LogP contribution is 2.22. The number of anilines is 1. The lowest BCUT2D eigenvalue weighted by Crippen LogP contribution is -2.48. The number of nitrogens with one attached hydrogen (secondary N) is 3. The number of allylic oxidation sites excluding steroid dienone is 1. The Kier molecular flexibility index (Phi) is 5.33. The summed E-state index contributed by atoms with van der Waals surface area (Å²) in [6.07, 6.45) is 3.77. The number of nitrogens with zero attached hydrogens (tertiary/aromatic N) is 2. The number of hydrogen-bond donors (Lipinski definition) is 3. The molecule has 1 heterocycles. The topological polar surface area (TPSA) is 91.6 Å². The maximum Gasteiger partial charge on any atom is 0.271 e. The van der Waals surface area contributed by atoms with Crippen molar-refractivity contribution in [3.63, 3.8) is 0 Å². The summed E-state index contributed by atoms with van der Waals surface area (Å²) in [5.74, 6) is 0.590. The first-order valence-electron chi connectivity index (χ1n) is 7.87. The van der Waals surface area contributed by atoms with Gasteiger partial charge in [-0.3, -0.25) is 15.4 Å². The second kappa shape index (κ2) is 7.23. The van der Waals surface area contributed by atoms with Crippen LogP contribution in [-0.4, -0.2) is 23.1 Å². The number of guanidine groups is 1. The molecule has 0 radical (unpaired) electrons. The molecule has 0 saturated heterocycles. The second-order valence-corrected chi connectivity index (χ2v) is 5.35. The number of nitro benzene ring substituents is 1. The molecule has 1 aromatic carbocycles. The van der Waals surface area contributed by atoms with Crippen molar-refractivity contribution in [2.75, 3.05) is 11.9 Å². The Hall–Kier alpha value is -2.41. The van der Waals surface area contributed by atoms with Gasteiger partial charge in [0, 0.05) is 23.5 Å². The molecule has 0 spiro atoms. The molecule has 23 heavy (non-hydrogen) atoms. The quantitative estimate of drug-likeness (QED) is 0.554. The van der Waals surface area contributed by atoms with E-state index in [-0.39, 0.29) is 5.69 Å². The molecule has 1 aliphatic heterocycles. The smallest absolute Gasteiger partial charge is 0.271 e. The van der Waals surface area contributed by atoms with E-state index in [2.05, 4.69) is 35.9 Å². The van der Waals surface area contributed by atoms with Gasteiger partial charge in [0.25, 0.3) is 5.69 Å². The van der Waals surface area contributed by atoms with Gasteiger partial charge in [0.15, 0.2) is 0 Å². The van der Waals surface area contributed by atoms with Crippen LogP contribution in [0.2, 0.25) is 0 Å². The zero-order valence-electron chi connectivity index (χ0n) is 13.7. The van der Waals surface area contributed by atoms with Crippen LogP contribution in [0.4, 0.5) is 11.4 Å². The standard InChI is InChI=1S/C16H23N5O2/c1-4-12-11-16(5-2,17-6-3)20-15(18-12)19-13-8-7-9-14(10-13)21(22)23/h7-11,17H,4-6H2,1-3H3,(H2,18,19,20). The summed E-state index contributed by atoms with van der Waals surface area (Å²) >= 11 is 0. The van der Waals surface area contributed by atoms with Crippen molar-refractivity contribution in [2.45, 2.75) is 39.3 Å². The third-order valence-corrected chi connectivity index (χ3v) is 3.73. The number of benzene rings is 1. The van der Waals surface area contributed by atoms with Gasteiger partial charge in [0.1, 0.15) is 5.66 Å². The van der Waals surface area contributed by atoms with Crippen molar-refractivity contribution in [2.24, 2.45) is 4.99 Å². The number of likely N-dealkylation sites (N-methyl/N-ethyl adjacent to an activating group) is 1. The average Bonchev–Trinajstić information content (AvgIpc) is 2.55. The number of non-ortho nitro benzene ring substituents is 1. The van der Waals surface area contributed by atoms with Gasteiger partial charge in [-0.15, -0.1) is 0 Å². The molecule has 0 bridgehead atoms. The van der Waals surface area contributed by atoms with Crippen molar-refractivity contribution in [3.05, 3.63) is 46.2 Å². The first kappa shape index (κ1) is 17.0. The molecule has 0 aliphatic carbocycles. The van der Waals surface area contributed by atoms with Crippen LogP contribution in [0.25, 0.3) is 0 Å². The third-order valence-electron chi connectivity index (χ3n) is 3.73. The van der Waals surface area contributed by atoms with Gasteiger partial charge in [-0.1, -0.05) is 26.8 Å². The van der Waals surface area contributed by atoms with Crippen molar-refractivity contribution in [1.29, 1.82) is 0 Å². The fraction of sp³-hybridized carbons (Fsp3) is 0.438. The maximum absolute atomic E-state index is 10.9. The van der Waals surface area contributed by atoms with E-state index >= 15 is 0 Å². The highest BCUT2D eigenvalue weighted by Gasteiger charge is 2.28. The molecule has 2 rings (SSSR count). The van der Waals surface area contributed by atoms with E-state index in [1.54, 1.807) is 12.1 Å². The summed E-state index contributed by atoms with van der Waals surface area (Å²) < 4.78 is 0. The van der Waals surface area contributed by atoms with Crippen LogP contribution in [0, 0.1) is 10.1 Å². The monoisotopic (exact) mass is 317 g/mol. The Morgan fingerprint density at radius 3 is 2.74 bits per heavy atom. The Balaban J connectivity index is 2.27. The first-order chi connectivity index (χ1) is 11.0. The van der Waals surface area contributed by atoms with Gasteiger partial charge in [-0.05, 0) is 31.5 Å². The summed E-state index contributed by atoms with van der Waals surface area (Å²) in [5, 5.41) is 20.7. The SMILES string of the molecule is CCNC1(CC)C=C(CC)NC(Nc2cccc([N+](=O)[O-])c2)=N1. The van der Waals surface area contributed by atoms with Crippen molar-refractivity contribution in [3.8, 4) is 0 Å². The van der Waals surface area contributed by atoms with Crippen LogP contribution in [0.3, 0.4) is 0 Å². The van der Waals surface area contributed by atoms with Gasteiger partial charge < -0.3 is 10.6 Å². The zero-order chi connectivity index (χ0) is 16.9. The Morgan fingerprint density at radius 1 is 1.35 bits per heavy atom. The van der Waals surface area contributed by atoms with E-state index in [4.69, 9.17) is 4.99 Å². The van der Waals surface area contributed by atoms with Crippen LogP contribution in [0.15, 0.2) is 41.0 Å². The minimum atomic E-state index is -0.450. The fourth-order valence-corrected chi connectivity index (χ4v) is 2.52. The molecule has 0 saturated carbocycles. The number of rotatable bonds is 6. The minimum Gasteiger partial charge on any atom is -0.330 e. The lowest BCUT2D eigenvalue weighted by atomic mass is 10.0. The van der Waals surface area contributed by atoms with Crippen LogP contribution < -0.4 is 16.0 Å². The number of nitro groups is 1. The van der Waals surface area contributed by atoms with Crippen molar-refractivity contribution >= 4 is 17.3 Å². The highest BCUT2D eigenvalue weighted by atomic mass is 16.6. The summed E-state index contributed by atoms with van der Waals surface area (Å²) in [5.41, 5.74) is 1.29. The largest absolute Gasteiger partial charge is 0.330 e. The molecule has 124 valence electrons. The van der Waals surface area contributed by atoms with Crippen molar-refractivity contribution in [1.82, 2.24) is 10.6 Å². The fourth-order valence-electron chi connectivity index (χ4n) is 2.52. The van der Waals surface area contributed by atoms with Gasteiger partial charge in [0.05, 0.1) is 4.92 Å². The van der Waals surface area contributed by atoms with Crippen LogP contribution in [-0.2, 0) is 0 Å². The number of hydrogen-bond acceptors (Lipinski definition) is 6. The summed E-state index contributed by atoms with van der Waals surface area (Å²) in [7, 11) is 0. The minimum absolute atomic E-state index is 0.0473. The predicted molar refractivity (Wildman–Crippen MR) is 92.4 cm³/mol. The van der Waals surface area contributed by atoms with E-state index in [0.717, 1.165) is 25.1 Å². The van der Waals surface area contributed by atoms with Crippen LogP contribution in [0.5, 0.6) is 0 Å². The first-order valence-corrected chi connectivity index (χ1v) is 7.87. The molecule has 7 nitrogen and oxygen atoms in total. The highest BCUT2D eigenvalue weighted by molar-refractivity contribution is 5.96. The maximum atomic E-state index is 10.9. The van der Waals surface area contributed by atoms with Gasteiger partial charge in [0.2, 0.25) is 5.96 Å². The summed E-state index contributed by atoms with van der Waals surface area (Å²) in [6.45, 7) is 6.99. The van der Waals surface area contributed by atoms with E-state index in [0.29, 0.717) is 11.6 Å². The predicted octanol–water partition coefficient (Wildman–Crippen LogP) is 2.98. The number of aliphatic imine (C=N–C) groups is 1. The zero-order valence-corrected chi connectivity index (χ0v) is 13.7. The van der Waals surface area contributed by atoms with Crippen LogP contribution in [0.1, 0.15) is 33.6 Å². The Morgan fingerprint density at radius 2 is 2.13 bits per heavy atom. The molecule has 0 aromatic heterocycles. The second-order valence-electron chi connectivity index (χ2n) is 5.35. The molecule has 1 aromatic rings. The normalized spacial score (nSPS) is 20.3. The molecule has 1 atom stereocenters. The van der Waals surface area contributed by atoms with E-state index in [1.807, 2.05) is 6.92 Å². The van der Waals surface area contributed by atoms with E-state index in [1.165, 1.54) is 12.1 Å². The molecular formula is C16H23N5O2. The van der Waals surface area contributed by atoms with Gasteiger partial charge in [-0.25, -0.2) is 4.99 Å². The Labute approximate surface area is 136 Å². The molecule has 1 unspecified atom stereocenters. The Bertz CT molecular complexity index is 641.